The monoisotopic (exact) mass is 358 g/mol. The first-order valence-corrected chi connectivity index (χ1v) is 8.82. The summed E-state index contributed by atoms with van der Waals surface area (Å²) in [5.74, 6) is -0.275. The Hall–Kier alpha value is -2.66. The third-order valence-electron chi connectivity index (χ3n) is 3.69. The van der Waals surface area contributed by atoms with Crippen molar-refractivity contribution in [1.82, 2.24) is 10.2 Å². The summed E-state index contributed by atoms with van der Waals surface area (Å²) in [5, 5.41) is 13.4. The zero-order valence-electron chi connectivity index (χ0n) is 14.2. The number of hydrogen-bond donors (Lipinski definition) is 3. The van der Waals surface area contributed by atoms with Crippen LogP contribution >= 0.6 is 11.8 Å². The van der Waals surface area contributed by atoms with Gasteiger partial charge in [-0.1, -0.05) is 55.9 Å². The van der Waals surface area contributed by atoms with Gasteiger partial charge in [0.2, 0.25) is 5.91 Å². The summed E-state index contributed by atoms with van der Waals surface area (Å²) in [6, 6.07) is 11.2. The number of nitrogens with one attached hydrogen (secondary N) is 1. The average molecular weight is 358 g/mol. The Labute approximate surface area is 151 Å². The largest absolute Gasteiger partial charge is 0.370 e. The van der Waals surface area contributed by atoms with E-state index in [-0.39, 0.29) is 24.3 Å². The molecule has 0 saturated carbocycles. The van der Waals surface area contributed by atoms with Crippen LogP contribution in [0.2, 0.25) is 0 Å². The number of nitriles is 1. The fourth-order valence-electron chi connectivity index (χ4n) is 2.69. The molecule has 5 N–H and O–H groups in total. The van der Waals surface area contributed by atoms with Crippen LogP contribution in [0.15, 0.2) is 40.7 Å². The number of aliphatic imine (C=N–C) groups is 1. The van der Waals surface area contributed by atoms with E-state index in [2.05, 4.69) is 10.3 Å². The minimum atomic E-state index is -0.511. The van der Waals surface area contributed by atoms with Gasteiger partial charge in [-0.3, -0.25) is 4.79 Å². The van der Waals surface area contributed by atoms with E-state index < -0.39 is 11.5 Å². The fourth-order valence-corrected chi connectivity index (χ4v) is 3.75. The van der Waals surface area contributed by atoms with Crippen LogP contribution in [-0.2, 0) is 4.79 Å². The highest BCUT2D eigenvalue weighted by Gasteiger charge is 2.38. The molecule has 0 radical (unpaired) electrons. The van der Waals surface area contributed by atoms with Crippen LogP contribution in [0.5, 0.6) is 0 Å². The average Bonchev–Trinajstić information content (AvgIpc) is 2.96. The Kier molecular flexibility index (Phi) is 6.31. The number of hydrogen-bond acceptors (Lipinski definition) is 5. The molecule has 2 atom stereocenters. The standard InChI is InChI=1S/C17H22N6OS/c1-11(2)14(15(24)21-9-8-18)23-13(12-6-4-3-5-7-12)10-25-17(23)22-16(19)20/h3-7,10-11,14,17H,9H2,1-2H3,(H,21,24)(H4,19,20,22). The predicted octanol–water partition coefficient (Wildman–Crippen LogP) is 1.26. The van der Waals surface area contributed by atoms with E-state index in [1.165, 1.54) is 11.8 Å². The maximum atomic E-state index is 12.7. The SMILES string of the molecule is CC(C)C(C(=O)NCC#N)N1C(c2ccccc2)=CSC1N=C(N)N. The van der Waals surface area contributed by atoms with Crippen molar-refractivity contribution in [2.24, 2.45) is 22.4 Å². The molecule has 1 aliphatic rings. The van der Waals surface area contributed by atoms with Gasteiger partial charge < -0.3 is 21.7 Å². The molecule has 25 heavy (non-hydrogen) atoms. The third kappa shape index (κ3) is 4.45. The summed E-state index contributed by atoms with van der Waals surface area (Å²) >= 11 is 1.44. The lowest BCUT2D eigenvalue weighted by atomic mass is 10.00. The Balaban J connectivity index is 2.43. The van der Waals surface area contributed by atoms with Gasteiger partial charge >= 0.3 is 0 Å². The van der Waals surface area contributed by atoms with E-state index in [9.17, 15) is 4.79 Å². The minimum Gasteiger partial charge on any atom is -0.370 e. The molecule has 7 nitrogen and oxygen atoms in total. The van der Waals surface area contributed by atoms with Gasteiger partial charge in [0.05, 0.1) is 11.8 Å². The Morgan fingerprint density at radius 1 is 1.40 bits per heavy atom. The lowest BCUT2D eigenvalue weighted by Crippen LogP contribution is -2.51. The van der Waals surface area contributed by atoms with Crippen LogP contribution in [0, 0.1) is 17.2 Å². The van der Waals surface area contributed by atoms with Crippen molar-refractivity contribution < 1.29 is 4.79 Å². The summed E-state index contributed by atoms with van der Waals surface area (Å²) < 4.78 is 0. The zero-order chi connectivity index (χ0) is 18.4. The molecule has 0 aromatic heterocycles. The number of amides is 1. The third-order valence-corrected chi connectivity index (χ3v) is 4.62. The highest BCUT2D eigenvalue weighted by Crippen LogP contribution is 2.40. The van der Waals surface area contributed by atoms with Crippen molar-refractivity contribution >= 4 is 29.3 Å². The topological polar surface area (TPSA) is 121 Å². The summed E-state index contributed by atoms with van der Waals surface area (Å²) in [4.78, 5) is 18.9. The molecule has 0 spiro atoms. The van der Waals surface area contributed by atoms with Crippen molar-refractivity contribution in [1.29, 1.82) is 5.26 Å². The lowest BCUT2D eigenvalue weighted by Gasteiger charge is -2.36. The second kappa shape index (κ2) is 8.44. The Morgan fingerprint density at radius 3 is 2.64 bits per heavy atom. The summed E-state index contributed by atoms with van der Waals surface area (Å²) in [5.41, 5.74) is 12.6. The van der Waals surface area contributed by atoms with Gasteiger partial charge in [-0.2, -0.15) is 5.26 Å². The van der Waals surface area contributed by atoms with E-state index in [1.54, 1.807) is 0 Å². The molecule has 0 saturated heterocycles. The number of carbonyl (C=O) groups excluding carboxylic acids is 1. The molecule has 1 aromatic rings. The number of nitrogens with two attached hydrogens (primary N) is 2. The minimum absolute atomic E-state index is 0.0128. The van der Waals surface area contributed by atoms with E-state index in [0.717, 1.165) is 11.3 Å². The molecule has 0 bridgehead atoms. The second-order valence-electron chi connectivity index (χ2n) is 5.86. The maximum Gasteiger partial charge on any atom is 0.243 e. The number of guanidine groups is 1. The van der Waals surface area contributed by atoms with Crippen LogP contribution in [0.1, 0.15) is 19.4 Å². The molecule has 1 heterocycles. The van der Waals surface area contributed by atoms with E-state index >= 15 is 0 Å². The van der Waals surface area contributed by atoms with Gasteiger partial charge in [-0.15, -0.1) is 0 Å². The first-order chi connectivity index (χ1) is 12.0. The zero-order valence-corrected chi connectivity index (χ0v) is 15.0. The van der Waals surface area contributed by atoms with E-state index in [0.29, 0.717) is 0 Å². The number of benzene rings is 1. The quantitative estimate of drug-likeness (QED) is 0.400. The fraction of sp³-hybridized carbons (Fsp3) is 0.353. The van der Waals surface area contributed by atoms with Crippen LogP contribution in [0.3, 0.4) is 0 Å². The van der Waals surface area contributed by atoms with Gasteiger partial charge in [0.15, 0.2) is 11.5 Å². The Bertz CT molecular complexity index is 706. The molecule has 1 aromatic carbocycles. The molecule has 1 aliphatic heterocycles. The van der Waals surface area contributed by atoms with Crippen LogP contribution in [0.25, 0.3) is 5.70 Å². The van der Waals surface area contributed by atoms with Crippen molar-refractivity contribution in [2.45, 2.75) is 25.4 Å². The molecular weight excluding hydrogens is 336 g/mol. The van der Waals surface area contributed by atoms with Crippen molar-refractivity contribution in [3.63, 3.8) is 0 Å². The first-order valence-electron chi connectivity index (χ1n) is 7.88. The van der Waals surface area contributed by atoms with Gasteiger partial charge in [0, 0.05) is 0 Å². The molecule has 0 aliphatic carbocycles. The smallest absolute Gasteiger partial charge is 0.243 e. The molecule has 8 heteroatoms. The summed E-state index contributed by atoms with van der Waals surface area (Å²) in [6.07, 6.45) is 0. The van der Waals surface area contributed by atoms with E-state index in [1.807, 2.05) is 60.6 Å². The molecular formula is C17H22N6OS. The van der Waals surface area contributed by atoms with Crippen LogP contribution < -0.4 is 16.8 Å². The number of nitrogens with zero attached hydrogens (tertiary/aromatic N) is 3. The number of thioether (sulfide) groups is 1. The van der Waals surface area contributed by atoms with E-state index in [4.69, 9.17) is 16.7 Å². The van der Waals surface area contributed by atoms with Gasteiger partial charge in [-0.25, -0.2) is 4.99 Å². The normalized spacial score (nSPS) is 17.6. The molecule has 2 rings (SSSR count). The maximum absolute atomic E-state index is 12.7. The number of carbonyl (C=O) groups is 1. The highest BCUT2D eigenvalue weighted by atomic mass is 32.2. The highest BCUT2D eigenvalue weighted by molar-refractivity contribution is 8.03. The van der Waals surface area contributed by atoms with Crippen molar-refractivity contribution in [2.75, 3.05) is 6.54 Å². The predicted molar refractivity (Wildman–Crippen MR) is 101 cm³/mol. The molecule has 2 unspecified atom stereocenters. The molecule has 1 amide bonds. The molecule has 0 fully saturated rings. The summed E-state index contributed by atoms with van der Waals surface area (Å²) in [7, 11) is 0. The van der Waals surface area contributed by atoms with Crippen molar-refractivity contribution in [3.8, 4) is 6.07 Å². The number of rotatable bonds is 6. The first kappa shape index (κ1) is 18.7. The van der Waals surface area contributed by atoms with Crippen LogP contribution in [0.4, 0.5) is 0 Å². The lowest BCUT2D eigenvalue weighted by molar-refractivity contribution is -0.126. The van der Waals surface area contributed by atoms with Gasteiger partial charge in [0.1, 0.15) is 12.6 Å². The van der Waals surface area contributed by atoms with Crippen molar-refractivity contribution in [3.05, 3.63) is 41.3 Å². The second-order valence-corrected chi connectivity index (χ2v) is 6.79. The Morgan fingerprint density at radius 2 is 2.08 bits per heavy atom. The molecule has 132 valence electrons. The van der Waals surface area contributed by atoms with Crippen LogP contribution in [-0.4, -0.2) is 34.9 Å². The summed E-state index contributed by atoms with van der Waals surface area (Å²) in [6.45, 7) is 3.87. The van der Waals surface area contributed by atoms with Gasteiger partial charge in [0.25, 0.3) is 0 Å². The van der Waals surface area contributed by atoms with Gasteiger partial charge in [-0.05, 0) is 16.9 Å².